The summed E-state index contributed by atoms with van der Waals surface area (Å²) in [7, 11) is 0. The van der Waals surface area contributed by atoms with Crippen molar-refractivity contribution in [1.82, 2.24) is 9.97 Å². The second-order valence-corrected chi connectivity index (χ2v) is 3.01. The first-order valence-electron chi connectivity index (χ1n) is 4.05. The van der Waals surface area contributed by atoms with Crippen LogP contribution in [0.4, 0.5) is 13.2 Å². The van der Waals surface area contributed by atoms with Crippen LogP contribution < -0.4 is 0 Å². The lowest BCUT2D eigenvalue weighted by molar-refractivity contribution is 0.158. The number of hydrogen-bond acceptors (Lipinski definition) is 1. The predicted molar refractivity (Wildman–Crippen MR) is 44.4 cm³/mol. The molecule has 74 valence electrons. The van der Waals surface area contributed by atoms with E-state index in [9.17, 15) is 13.2 Å². The van der Waals surface area contributed by atoms with Gasteiger partial charge in [-0.1, -0.05) is 6.08 Å². The SMILES string of the molecule is FC1=C(F)C(F)(c2ncc[nH]2)CC=C1. The minimum absolute atomic E-state index is 0.213. The number of hydrogen-bond donors (Lipinski definition) is 1. The summed E-state index contributed by atoms with van der Waals surface area (Å²) in [4.78, 5) is 6.03. The summed E-state index contributed by atoms with van der Waals surface area (Å²) >= 11 is 0. The minimum atomic E-state index is -2.48. The molecule has 0 aromatic carbocycles. The summed E-state index contributed by atoms with van der Waals surface area (Å²) in [6, 6.07) is 0. The van der Waals surface area contributed by atoms with Crippen molar-refractivity contribution >= 4 is 0 Å². The number of nitrogens with zero attached hydrogens (tertiary/aromatic N) is 1. The third kappa shape index (κ3) is 1.16. The topological polar surface area (TPSA) is 28.7 Å². The Morgan fingerprint density at radius 3 is 2.86 bits per heavy atom. The maximum absolute atomic E-state index is 14.0. The van der Waals surface area contributed by atoms with Gasteiger partial charge < -0.3 is 4.98 Å². The highest BCUT2D eigenvalue weighted by Gasteiger charge is 2.42. The summed E-state index contributed by atoms with van der Waals surface area (Å²) in [6.45, 7) is 0. The molecule has 1 aliphatic rings. The molecular weight excluding hydrogens is 193 g/mol. The van der Waals surface area contributed by atoms with E-state index < -0.39 is 17.3 Å². The number of aromatic nitrogens is 2. The van der Waals surface area contributed by atoms with Gasteiger partial charge in [-0.25, -0.2) is 18.2 Å². The smallest absolute Gasteiger partial charge is 0.225 e. The molecule has 0 amide bonds. The molecule has 1 aromatic rings. The molecule has 1 N–H and O–H groups in total. The van der Waals surface area contributed by atoms with E-state index in [1.165, 1.54) is 18.5 Å². The van der Waals surface area contributed by atoms with Crippen LogP contribution in [0.2, 0.25) is 0 Å². The average Bonchev–Trinajstić information content (AvgIpc) is 2.67. The highest BCUT2D eigenvalue weighted by atomic mass is 19.2. The monoisotopic (exact) mass is 200 g/mol. The van der Waals surface area contributed by atoms with Crippen molar-refractivity contribution in [3.05, 3.63) is 42.0 Å². The fraction of sp³-hybridized carbons (Fsp3) is 0.222. The average molecular weight is 200 g/mol. The molecular formula is C9H7F3N2. The fourth-order valence-corrected chi connectivity index (χ4v) is 1.36. The van der Waals surface area contributed by atoms with Gasteiger partial charge in [0.05, 0.1) is 0 Å². The summed E-state index contributed by atoms with van der Waals surface area (Å²) in [6.07, 6.45) is 4.55. The number of imidazole rings is 1. The Bertz CT molecular complexity index is 394. The number of nitrogens with one attached hydrogen (secondary N) is 1. The molecule has 14 heavy (non-hydrogen) atoms. The third-order valence-corrected chi connectivity index (χ3v) is 2.09. The van der Waals surface area contributed by atoms with Crippen molar-refractivity contribution < 1.29 is 13.2 Å². The molecule has 2 rings (SSSR count). The zero-order valence-electron chi connectivity index (χ0n) is 7.10. The first kappa shape index (κ1) is 9.05. The number of rotatable bonds is 1. The lowest BCUT2D eigenvalue weighted by Gasteiger charge is -2.22. The number of allylic oxidation sites excluding steroid dienone is 4. The van der Waals surface area contributed by atoms with Crippen molar-refractivity contribution in [2.45, 2.75) is 12.1 Å². The van der Waals surface area contributed by atoms with E-state index in [1.54, 1.807) is 0 Å². The van der Waals surface area contributed by atoms with Crippen LogP contribution in [-0.4, -0.2) is 9.97 Å². The quantitative estimate of drug-likeness (QED) is 0.741. The Morgan fingerprint density at radius 1 is 1.43 bits per heavy atom. The van der Waals surface area contributed by atoms with E-state index in [1.807, 2.05) is 0 Å². The molecule has 5 heteroatoms. The van der Waals surface area contributed by atoms with Crippen LogP contribution in [0.15, 0.2) is 36.2 Å². The standard InChI is InChI=1S/C9H7F3N2/c10-6-2-1-3-9(12,7(6)11)8-13-4-5-14-8/h1-2,4-5H,3H2,(H,13,14). The third-order valence-electron chi connectivity index (χ3n) is 2.09. The van der Waals surface area contributed by atoms with E-state index in [0.717, 1.165) is 6.08 Å². The Kier molecular flexibility index (Phi) is 1.94. The number of aromatic amines is 1. The first-order valence-corrected chi connectivity index (χ1v) is 4.05. The summed E-state index contributed by atoms with van der Waals surface area (Å²) in [5, 5.41) is 0. The molecule has 1 heterocycles. The number of halogens is 3. The lowest BCUT2D eigenvalue weighted by Crippen LogP contribution is -2.24. The van der Waals surface area contributed by atoms with Crippen molar-refractivity contribution in [1.29, 1.82) is 0 Å². The molecule has 2 nitrogen and oxygen atoms in total. The largest absolute Gasteiger partial charge is 0.346 e. The van der Waals surface area contributed by atoms with Gasteiger partial charge in [-0.2, -0.15) is 0 Å². The van der Waals surface area contributed by atoms with Gasteiger partial charge in [-0.15, -0.1) is 0 Å². The second-order valence-electron chi connectivity index (χ2n) is 3.01. The van der Waals surface area contributed by atoms with Crippen molar-refractivity contribution in [3.8, 4) is 0 Å². The normalized spacial score (nSPS) is 27.1. The Hall–Kier alpha value is -1.52. The maximum Gasteiger partial charge on any atom is 0.225 e. The van der Waals surface area contributed by atoms with Crippen molar-refractivity contribution in [3.63, 3.8) is 0 Å². The Morgan fingerprint density at radius 2 is 2.21 bits per heavy atom. The van der Waals surface area contributed by atoms with Gasteiger partial charge in [-0.05, 0) is 6.08 Å². The van der Waals surface area contributed by atoms with Gasteiger partial charge in [0.15, 0.2) is 17.5 Å². The molecule has 1 atom stereocenters. The molecule has 0 saturated carbocycles. The molecule has 0 radical (unpaired) electrons. The Labute approximate surface area is 78.2 Å². The van der Waals surface area contributed by atoms with Gasteiger partial charge >= 0.3 is 0 Å². The second kappa shape index (κ2) is 3.01. The van der Waals surface area contributed by atoms with Crippen molar-refractivity contribution in [2.24, 2.45) is 0 Å². The van der Waals surface area contributed by atoms with Crippen LogP contribution in [0.1, 0.15) is 12.2 Å². The molecule has 0 bridgehead atoms. The first-order chi connectivity index (χ1) is 6.64. The summed E-state index contributed by atoms with van der Waals surface area (Å²) in [5.74, 6) is -2.82. The van der Waals surface area contributed by atoms with Crippen LogP contribution in [-0.2, 0) is 5.67 Å². The lowest BCUT2D eigenvalue weighted by atomic mass is 9.94. The van der Waals surface area contributed by atoms with Crippen LogP contribution in [0.3, 0.4) is 0 Å². The van der Waals surface area contributed by atoms with Gasteiger partial charge in [0.25, 0.3) is 0 Å². The number of H-pyrrole nitrogens is 1. The van der Waals surface area contributed by atoms with Crippen LogP contribution in [0.5, 0.6) is 0 Å². The van der Waals surface area contributed by atoms with E-state index in [0.29, 0.717) is 0 Å². The van der Waals surface area contributed by atoms with E-state index in [2.05, 4.69) is 9.97 Å². The Balaban J connectivity index is 2.48. The minimum Gasteiger partial charge on any atom is -0.346 e. The predicted octanol–water partition coefficient (Wildman–Crippen LogP) is 2.69. The zero-order chi connectivity index (χ0) is 10.2. The fourth-order valence-electron chi connectivity index (χ4n) is 1.36. The van der Waals surface area contributed by atoms with Gasteiger partial charge in [0.2, 0.25) is 5.67 Å². The molecule has 0 saturated heterocycles. The highest BCUT2D eigenvalue weighted by Crippen LogP contribution is 2.41. The summed E-state index contributed by atoms with van der Waals surface area (Å²) < 4.78 is 40.0. The van der Waals surface area contributed by atoms with Crippen LogP contribution in [0, 0.1) is 0 Å². The molecule has 1 unspecified atom stereocenters. The van der Waals surface area contributed by atoms with E-state index in [-0.39, 0.29) is 12.2 Å². The number of alkyl halides is 1. The molecule has 0 fully saturated rings. The van der Waals surface area contributed by atoms with Gasteiger partial charge in [0, 0.05) is 18.8 Å². The van der Waals surface area contributed by atoms with Gasteiger partial charge in [-0.3, -0.25) is 0 Å². The van der Waals surface area contributed by atoms with Crippen LogP contribution in [0.25, 0.3) is 0 Å². The maximum atomic E-state index is 14.0. The van der Waals surface area contributed by atoms with E-state index in [4.69, 9.17) is 0 Å². The molecule has 1 aliphatic carbocycles. The van der Waals surface area contributed by atoms with E-state index >= 15 is 0 Å². The summed E-state index contributed by atoms with van der Waals surface area (Å²) in [5.41, 5.74) is -2.48. The molecule has 0 aliphatic heterocycles. The van der Waals surface area contributed by atoms with Gasteiger partial charge in [0.1, 0.15) is 0 Å². The molecule has 0 spiro atoms. The van der Waals surface area contributed by atoms with Crippen LogP contribution >= 0.6 is 0 Å². The van der Waals surface area contributed by atoms with Crippen molar-refractivity contribution in [2.75, 3.05) is 0 Å². The zero-order valence-corrected chi connectivity index (χ0v) is 7.10. The molecule has 1 aromatic heterocycles. The highest BCUT2D eigenvalue weighted by molar-refractivity contribution is 5.32.